The summed E-state index contributed by atoms with van der Waals surface area (Å²) in [6, 6.07) is 7.51. The van der Waals surface area contributed by atoms with Gasteiger partial charge in [-0.1, -0.05) is 24.1 Å². The lowest BCUT2D eigenvalue weighted by atomic mass is 9.79. The number of aromatic amines is 1. The van der Waals surface area contributed by atoms with Crippen LogP contribution >= 0.6 is 11.6 Å². The molecule has 0 bridgehead atoms. The summed E-state index contributed by atoms with van der Waals surface area (Å²) in [6.07, 6.45) is 9.65. The van der Waals surface area contributed by atoms with Crippen LogP contribution in [0.3, 0.4) is 0 Å². The van der Waals surface area contributed by atoms with E-state index in [9.17, 15) is 4.79 Å². The maximum Gasteiger partial charge on any atom is 0.225 e. The van der Waals surface area contributed by atoms with E-state index < -0.39 is 0 Å². The van der Waals surface area contributed by atoms with Crippen LogP contribution in [0.5, 0.6) is 0 Å². The predicted octanol–water partition coefficient (Wildman–Crippen LogP) is 4.36. The van der Waals surface area contributed by atoms with Crippen molar-refractivity contribution in [2.45, 2.75) is 38.0 Å². The van der Waals surface area contributed by atoms with Gasteiger partial charge in [0.15, 0.2) is 0 Å². The first-order chi connectivity index (χ1) is 13.2. The molecular formula is C20H20ClN5O. The minimum atomic E-state index is -0.0459. The number of hydrogen-bond acceptors (Lipinski definition) is 4. The summed E-state index contributed by atoms with van der Waals surface area (Å²) in [5.41, 5.74) is 4.00. The van der Waals surface area contributed by atoms with E-state index in [2.05, 4.69) is 25.5 Å². The van der Waals surface area contributed by atoms with Gasteiger partial charge in [0.05, 0.1) is 5.69 Å². The molecule has 0 atom stereocenters. The standard InChI is InChI=1S/C20H20ClN5O/c21-16-6-4-13(12-23-16)5-7-17(27)24-20-18(14-2-1-3-14)19(25-26-20)15-8-10-22-11-9-15/h4,6,8-12,14H,1-3,5,7H2,(H2,24,25,26,27). The highest BCUT2D eigenvalue weighted by atomic mass is 35.5. The topological polar surface area (TPSA) is 83.6 Å². The van der Waals surface area contributed by atoms with Crippen LogP contribution in [0.25, 0.3) is 11.3 Å². The molecule has 0 spiro atoms. The van der Waals surface area contributed by atoms with Crippen LogP contribution in [-0.2, 0) is 11.2 Å². The maximum atomic E-state index is 12.5. The van der Waals surface area contributed by atoms with Crippen molar-refractivity contribution in [1.29, 1.82) is 0 Å². The van der Waals surface area contributed by atoms with Crippen molar-refractivity contribution in [1.82, 2.24) is 20.2 Å². The second-order valence-corrected chi connectivity index (χ2v) is 7.15. The first kappa shape index (κ1) is 17.7. The van der Waals surface area contributed by atoms with Gasteiger partial charge in [0, 0.05) is 36.1 Å². The van der Waals surface area contributed by atoms with E-state index in [0.717, 1.165) is 35.2 Å². The molecule has 7 heteroatoms. The number of aryl methyl sites for hydroxylation is 1. The second-order valence-electron chi connectivity index (χ2n) is 6.76. The molecule has 0 unspecified atom stereocenters. The van der Waals surface area contributed by atoms with Crippen LogP contribution in [0.4, 0.5) is 5.82 Å². The number of carbonyl (C=O) groups is 1. The Morgan fingerprint density at radius 2 is 2.04 bits per heavy atom. The summed E-state index contributed by atoms with van der Waals surface area (Å²) in [7, 11) is 0. The van der Waals surface area contributed by atoms with Gasteiger partial charge in [0.2, 0.25) is 5.91 Å². The van der Waals surface area contributed by atoms with Crippen LogP contribution in [-0.4, -0.2) is 26.1 Å². The summed E-state index contributed by atoms with van der Waals surface area (Å²) in [6.45, 7) is 0. The fraction of sp³-hybridized carbons (Fsp3) is 0.300. The third-order valence-electron chi connectivity index (χ3n) is 4.96. The van der Waals surface area contributed by atoms with Crippen molar-refractivity contribution >= 4 is 23.3 Å². The largest absolute Gasteiger partial charge is 0.311 e. The summed E-state index contributed by atoms with van der Waals surface area (Å²) in [5, 5.41) is 11.0. The minimum Gasteiger partial charge on any atom is -0.311 e. The Hall–Kier alpha value is -2.73. The van der Waals surface area contributed by atoms with Gasteiger partial charge in [-0.15, -0.1) is 0 Å². The van der Waals surface area contributed by atoms with Crippen LogP contribution in [0.2, 0.25) is 5.15 Å². The number of nitrogens with one attached hydrogen (secondary N) is 2. The zero-order valence-corrected chi connectivity index (χ0v) is 15.5. The molecule has 1 aliphatic carbocycles. The molecule has 1 saturated carbocycles. The predicted molar refractivity (Wildman–Crippen MR) is 105 cm³/mol. The molecule has 4 rings (SSSR count). The number of aromatic nitrogens is 4. The molecule has 0 saturated heterocycles. The van der Waals surface area contributed by atoms with Gasteiger partial charge >= 0.3 is 0 Å². The summed E-state index contributed by atoms with van der Waals surface area (Å²) in [5.74, 6) is 1.10. The van der Waals surface area contributed by atoms with Gasteiger partial charge in [-0.2, -0.15) is 5.10 Å². The molecule has 3 heterocycles. The van der Waals surface area contributed by atoms with Crippen molar-refractivity contribution in [2.24, 2.45) is 0 Å². The van der Waals surface area contributed by atoms with Crippen molar-refractivity contribution in [3.63, 3.8) is 0 Å². The zero-order valence-electron chi connectivity index (χ0n) is 14.8. The molecule has 1 amide bonds. The highest BCUT2D eigenvalue weighted by Gasteiger charge is 2.28. The number of hydrogen-bond donors (Lipinski definition) is 2. The summed E-state index contributed by atoms with van der Waals surface area (Å²) < 4.78 is 0. The molecular weight excluding hydrogens is 362 g/mol. The highest BCUT2D eigenvalue weighted by molar-refractivity contribution is 6.29. The molecule has 0 radical (unpaired) electrons. The fourth-order valence-corrected chi connectivity index (χ4v) is 3.40. The quantitative estimate of drug-likeness (QED) is 0.621. The van der Waals surface area contributed by atoms with Crippen LogP contribution in [0, 0.1) is 0 Å². The number of anilines is 1. The van der Waals surface area contributed by atoms with Crippen LogP contribution < -0.4 is 5.32 Å². The number of pyridine rings is 2. The van der Waals surface area contributed by atoms with E-state index >= 15 is 0 Å². The van der Waals surface area contributed by atoms with E-state index in [4.69, 9.17) is 11.6 Å². The molecule has 138 valence electrons. The molecule has 6 nitrogen and oxygen atoms in total. The van der Waals surface area contributed by atoms with Gasteiger partial charge < -0.3 is 5.32 Å². The normalized spacial score (nSPS) is 14.0. The number of H-pyrrole nitrogens is 1. The van der Waals surface area contributed by atoms with Gasteiger partial charge in [-0.05, 0) is 48.9 Å². The Bertz CT molecular complexity index is 919. The number of amides is 1. The van der Waals surface area contributed by atoms with Gasteiger partial charge in [-0.25, -0.2) is 4.98 Å². The molecule has 1 fully saturated rings. The van der Waals surface area contributed by atoms with Gasteiger partial charge in [0.1, 0.15) is 11.0 Å². The molecule has 3 aromatic rings. The second kappa shape index (κ2) is 7.88. The van der Waals surface area contributed by atoms with E-state index in [1.807, 2.05) is 18.2 Å². The Morgan fingerprint density at radius 3 is 2.70 bits per heavy atom. The van der Waals surface area contributed by atoms with Crippen molar-refractivity contribution in [3.05, 3.63) is 59.1 Å². The third kappa shape index (κ3) is 4.01. The molecule has 3 aromatic heterocycles. The van der Waals surface area contributed by atoms with Crippen LogP contribution in [0.15, 0.2) is 42.9 Å². The number of nitrogens with zero attached hydrogens (tertiary/aromatic N) is 3. The number of rotatable bonds is 6. The Labute approximate surface area is 162 Å². The number of carbonyl (C=O) groups excluding carboxylic acids is 1. The highest BCUT2D eigenvalue weighted by Crippen LogP contribution is 2.43. The third-order valence-corrected chi connectivity index (χ3v) is 5.19. The summed E-state index contributed by atoms with van der Waals surface area (Å²) >= 11 is 5.80. The SMILES string of the molecule is O=C(CCc1ccc(Cl)nc1)Nc1[nH]nc(-c2ccncc2)c1C1CCC1. The van der Waals surface area contributed by atoms with E-state index in [1.165, 1.54) is 6.42 Å². The average Bonchev–Trinajstić information content (AvgIpc) is 3.04. The lowest BCUT2D eigenvalue weighted by Crippen LogP contribution is -2.17. The Kier molecular flexibility index (Phi) is 5.16. The maximum absolute atomic E-state index is 12.5. The van der Waals surface area contributed by atoms with Gasteiger partial charge in [0.25, 0.3) is 0 Å². The van der Waals surface area contributed by atoms with E-state index in [0.29, 0.717) is 29.7 Å². The monoisotopic (exact) mass is 381 g/mol. The van der Waals surface area contributed by atoms with Crippen molar-refractivity contribution in [3.8, 4) is 11.3 Å². The molecule has 0 aromatic carbocycles. The number of halogens is 1. The summed E-state index contributed by atoms with van der Waals surface area (Å²) in [4.78, 5) is 20.6. The average molecular weight is 382 g/mol. The minimum absolute atomic E-state index is 0.0459. The zero-order chi connectivity index (χ0) is 18.6. The Balaban J connectivity index is 1.49. The smallest absolute Gasteiger partial charge is 0.225 e. The lowest BCUT2D eigenvalue weighted by molar-refractivity contribution is -0.116. The van der Waals surface area contributed by atoms with Crippen molar-refractivity contribution in [2.75, 3.05) is 5.32 Å². The molecule has 2 N–H and O–H groups in total. The molecule has 27 heavy (non-hydrogen) atoms. The van der Waals surface area contributed by atoms with Crippen molar-refractivity contribution < 1.29 is 4.79 Å². The first-order valence-corrected chi connectivity index (χ1v) is 9.47. The van der Waals surface area contributed by atoms with E-state index in [1.54, 1.807) is 24.7 Å². The van der Waals surface area contributed by atoms with Crippen LogP contribution in [0.1, 0.15) is 42.7 Å². The van der Waals surface area contributed by atoms with Gasteiger partial charge in [-0.3, -0.25) is 14.9 Å². The molecule has 1 aliphatic rings. The van der Waals surface area contributed by atoms with E-state index in [-0.39, 0.29) is 5.91 Å². The molecule has 0 aliphatic heterocycles. The lowest BCUT2D eigenvalue weighted by Gasteiger charge is -2.26. The Morgan fingerprint density at radius 1 is 1.22 bits per heavy atom. The fourth-order valence-electron chi connectivity index (χ4n) is 3.28. The first-order valence-electron chi connectivity index (χ1n) is 9.09.